The van der Waals surface area contributed by atoms with Gasteiger partial charge in [-0.3, -0.25) is 4.79 Å². The highest BCUT2D eigenvalue weighted by Crippen LogP contribution is 2.27. The maximum absolute atomic E-state index is 12.4. The van der Waals surface area contributed by atoms with Gasteiger partial charge in [-0.15, -0.1) is 0 Å². The van der Waals surface area contributed by atoms with Crippen LogP contribution in [0.2, 0.25) is 0 Å². The van der Waals surface area contributed by atoms with E-state index < -0.39 is 0 Å². The molecule has 0 aliphatic heterocycles. The van der Waals surface area contributed by atoms with Crippen LogP contribution in [-0.4, -0.2) is 35.4 Å². The SMILES string of the molecule is C=CCOc1ccc(/C=N/NC(=O)c2ccc3c(c2)nc(C)n3CC)cc1OC. The molecule has 0 radical (unpaired) electrons. The van der Waals surface area contributed by atoms with Crippen LogP contribution in [-0.2, 0) is 6.54 Å². The zero-order valence-electron chi connectivity index (χ0n) is 16.8. The smallest absolute Gasteiger partial charge is 0.271 e. The third-order valence-corrected chi connectivity index (χ3v) is 4.44. The number of fused-ring (bicyclic) bond motifs is 1. The molecule has 0 unspecified atom stereocenters. The quantitative estimate of drug-likeness (QED) is 0.360. The lowest BCUT2D eigenvalue weighted by molar-refractivity contribution is 0.0955. The molecule has 3 rings (SSSR count). The Balaban J connectivity index is 1.70. The van der Waals surface area contributed by atoms with Crippen LogP contribution in [0.4, 0.5) is 0 Å². The van der Waals surface area contributed by atoms with Crippen LogP contribution in [0, 0.1) is 6.92 Å². The summed E-state index contributed by atoms with van der Waals surface area (Å²) in [5, 5.41) is 4.04. The molecule has 29 heavy (non-hydrogen) atoms. The second-order valence-corrected chi connectivity index (χ2v) is 6.32. The fourth-order valence-corrected chi connectivity index (χ4v) is 3.05. The Morgan fingerprint density at radius 1 is 1.28 bits per heavy atom. The molecule has 150 valence electrons. The number of nitrogens with one attached hydrogen (secondary N) is 1. The summed E-state index contributed by atoms with van der Waals surface area (Å²) >= 11 is 0. The zero-order chi connectivity index (χ0) is 20.8. The van der Waals surface area contributed by atoms with Gasteiger partial charge in [0, 0.05) is 12.1 Å². The summed E-state index contributed by atoms with van der Waals surface area (Å²) in [4.78, 5) is 16.9. The first-order valence-corrected chi connectivity index (χ1v) is 9.29. The van der Waals surface area contributed by atoms with E-state index in [1.54, 1.807) is 43.7 Å². The first-order valence-electron chi connectivity index (χ1n) is 9.29. The Morgan fingerprint density at radius 2 is 2.10 bits per heavy atom. The number of aryl methyl sites for hydroxylation is 2. The third-order valence-electron chi connectivity index (χ3n) is 4.44. The zero-order valence-corrected chi connectivity index (χ0v) is 16.8. The topological polar surface area (TPSA) is 77.7 Å². The van der Waals surface area contributed by atoms with Crippen LogP contribution < -0.4 is 14.9 Å². The predicted molar refractivity (Wildman–Crippen MR) is 114 cm³/mol. The van der Waals surface area contributed by atoms with Crippen LogP contribution in [0.3, 0.4) is 0 Å². The number of carbonyl (C=O) groups excluding carboxylic acids is 1. The lowest BCUT2D eigenvalue weighted by atomic mass is 10.2. The van der Waals surface area contributed by atoms with Crippen LogP contribution in [0.25, 0.3) is 11.0 Å². The molecule has 1 heterocycles. The second kappa shape index (κ2) is 9.05. The van der Waals surface area contributed by atoms with Gasteiger partial charge in [0.15, 0.2) is 11.5 Å². The summed E-state index contributed by atoms with van der Waals surface area (Å²) in [6.45, 7) is 8.87. The summed E-state index contributed by atoms with van der Waals surface area (Å²) in [5.41, 5.74) is 5.61. The van der Waals surface area contributed by atoms with Crippen molar-refractivity contribution >= 4 is 23.2 Å². The molecular formula is C22H24N4O3. The maximum Gasteiger partial charge on any atom is 0.271 e. The van der Waals surface area contributed by atoms with E-state index >= 15 is 0 Å². The van der Waals surface area contributed by atoms with Crippen LogP contribution in [0.5, 0.6) is 11.5 Å². The molecule has 0 saturated carbocycles. The van der Waals surface area contributed by atoms with Crippen molar-refractivity contribution < 1.29 is 14.3 Å². The first kappa shape index (κ1) is 20.1. The van der Waals surface area contributed by atoms with E-state index in [-0.39, 0.29) is 5.91 Å². The highest BCUT2D eigenvalue weighted by atomic mass is 16.5. The van der Waals surface area contributed by atoms with E-state index in [4.69, 9.17) is 9.47 Å². The maximum atomic E-state index is 12.4. The van der Waals surface area contributed by atoms with Gasteiger partial charge in [-0.05, 0) is 55.8 Å². The molecular weight excluding hydrogens is 368 g/mol. The molecule has 1 aromatic heterocycles. The summed E-state index contributed by atoms with van der Waals surface area (Å²) < 4.78 is 12.9. The number of hydrazone groups is 1. The van der Waals surface area contributed by atoms with Crippen molar-refractivity contribution in [2.45, 2.75) is 20.4 Å². The van der Waals surface area contributed by atoms with Crippen molar-refractivity contribution in [3.63, 3.8) is 0 Å². The molecule has 2 aromatic carbocycles. The van der Waals surface area contributed by atoms with Gasteiger partial charge in [-0.2, -0.15) is 5.10 Å². The van der Waals surface area contributed by atoms with Crippen LogP contribution in [0.1, 0.15) is 28.7 Å². The number of hydrogen-bond donors (Lipinski definition) is 1. The normalized spacial score (nSPS) is 11.0. The molecule has 0 fully saturated rings. The van der Waals surface area contributed by atoms with E-state index in [1.165, 1.54) is 0 Å². The highest BCUT2D eigenvalue weighted by Gasteiger charge is 2.10. The Labute approximate surface area is 169 Å². The standard InChI is InChI=1S/C22H24N4O3/c1-5-11-29-20-10-7-16(12-21(20)28-4)14-23-25-22(27)17-8-9-19-18(13-17)24-15(3)26(19)6-2/h5,7-10,12-14H,1,6,11H2,2-4H3,(H,25,27)/b23-14+. The van der Waals surface area contributed by atoms with Crippen molar-refractivity contribution in [1.29, 1.82) is 0 Å². The van der Waals surface area contributed by atoms with E-state index in [0.29, 0.717) is 23.7 Å². The lowest BCUT2D eigenvalue weighted by Crippen LogP contribution is -2.17. The van der Waals surface area contributed by atoms with Gasteiger partial charge in [-0.1, -0.05) is 12.7 Å². The Kier molecular flexibility index (Phi) is 6.29. The minimum absolute atomic E-state index is 0.301. The van der Waals surface area contributed by atoms with Gasteiger partial charge in [-0.25, -0.2) is 10.4 Å². The number of aromatic nitrogens is 2. The average Bonchev–Trinajstić information content (AvgIpc) is 3.06. The van der Waals surface area contributed by atoms with Gasteiger partial charge < -0.3 is 14.0 Å². The van der Waals surface area contributed by atoms with Crippen molar-refractivity contribution in [3.05, 3.63) is 66.0 Å². The lowest BCUT2D eigenvalue weighted by Gasteiger charge is -2.09. The van der Waals surface area contributed by atoms with Crippen LogP contribution in [0.15, 0.2) is 54.2 Å². The molecule has 7 heteroatoms. The summed E-state index contributed by atoms with van der Waals surface area (Å²) in [5.74, 6) is 1.82. The van der Waals surface area contributed by atoms with Gasteiger partial charge in [0.2, 0.25) is 0 Å². The molecule has 7 nitrogen and oxygen atoms in total. The predicted octanol–water partition coefficient (Wildman–Crippen LogP) is 3.70. The number of imidazole rings is 1. The molecule has 1 amide bonds. The molecule has 0 saturated heterocycles. The van der Waals surface area contributed by atoms with Gasteiger partial charge in [0.1, 0.15) is 12.4 Å². The molecule has 0 aliphatic carbocycles. The van der Waals surface area contributed by atoms with Gasteiger partial charge in [0.25, 0.3) is 5.91 Å². The van der Waals surface area contributed by atoms with Crippen molar-refractivity contribution in [2.24, 2.45) is 5.10 Å². The number of amides is 1. The number of ether oxygens (including phenoxy) is 2. The number of nitrogens with zero attached hydrogens (tertiary/aromatic N) is 3. The van der Waals surface area contributed by atoms with E-state index in [9.17, 15) is 4.79 Å². The number of benzene rings is 2. The minimum atomic E-state index is -0.301. The summed E-state index contributed by atoms with van der Waals surface area (Å²) in [6.07, 6.45) is 3.21. The number of hydrogen-bond acceptors (Lipinski definition) is 5. The monoisotopic (exact) mass is 392 g/mol. The molecule has 0 spiro atoms. The molecule has 0 atom stereocenters. The fourth-order valence-electron chi connectivity index (χ4n) is 3.05. The van der Waals surface area contributed by atoms with Crippen LogP contribution >= 0.6 is 0 Å². The fraction of sp³-hybridized carbons (Fsp3) is 0.227. The van der Waals surface area contributed by atoms with Gasteiger partial charge >= 0.3 is 0 Å². The highest BCUT2D eigenvalue weighted by molar-refractivity contribution is 5.98. The number of carbonyl (C=O) groups is 1. The number of methoxy groups -OCH3 is 1. The molecule has 3 aromatic rings. The van der Waals surface area contributed by atoms with Crippen molar-refractivity contribution in [2.75, 3.05) is 13.7 Å². The Bertz CT molecular complexity index is 1070. The van der Waals surface area contributed by atoms with Crippen molar-refractivity contribution in [1.82, 2.24) is 15.0 Å². The van der Waals surface area contributed by atoms with E-state index in [1.807, 2.05) is 19.1 Å². The Hall–Kier alpha value is -3.61. The summed E-state index contributed by atoms with van der Waals surface area (Å²) in [6, 6.07) is 10.8. The second-order valence-electron chi connectivity index (χ2n) is 6.32. The Morgan fingerprint density at radius 3 is 2.83 bits per heavy atom. The van der Waals surface area contributed by atoms with Crippen molar-refractivity contribution in [3.8, 4) is 11.5 Å². The summed E-state index contributed by atoms with van der Waals surface area (Å²) in [7, 11) is 1.57. The number of rotatable bonds is 8. The van der Waals surface area contributed by atoms with E-state index in [2.05, 4.69) is 33.6 Å². The third kappa shape index (κ3) is 4.45. The average molecular weight is 392 g/mol. The first-order chi connectivity index (χ1) is 14.1. The minimum Gasteiger partial charge on any atom is -0.493 e. The largest absolute Gasteiger partial charge is 0.493 e. The van der Waals surface area contributed by atoms with Gasteiger partial charge in [0.05, 0.1) is 24.4 Å². The molecule has 1 N–H and O–H groups in total. The molecule has 0 bridgehead atoms. The molecule has 0 aliphatic rings. The van der Waals surface area contributed by atoms with E-state index in [0.717, 1.165) is 29.0 Å².